The van der Waals surface area contributed by atoms with Crippen LogP contribution in [0.1, 0.15) is 19.8 Å². The summed E-state index contributed by atoms with van der Waals surface area (Å²) in [7, 11) is -1.94. The van der Waals surface area contributed by atoms with Gasteiger partial charge in [0.05, 0.1) is 12.2 Å². The highest BCUT2D eigenvalue weighted by Crippen LogP contribution is 2.21. The van der Waals surface area contributed by atoms with Gasteiger partial charge in [0, 0.05) is 6.04 Å². The molecule has 2 N–H and O–H groups in total. The SMILES string of the molecule is CNCCCS(=O)(=O)NC(C)CC(F)(F)F. The lowest BCUT2D eigenvalue weighted by Gasteiger charge is -2.15. The predicted octanol–water partition coefficient (Wildman–Crippen LogP) is 0.856. The van der Waals surface area contributed by atoms with Crippen molar-refractivity contribution in [2.24, 2.45) is 0 Å². The van der Waals surface area contributed by atoms with Crippen LogP contribution in [0.3, 0.4) is 0 Å². The number of sulfonamides is 1. The zero-order valence-electron chi connectivity index (χ0n) is 9.26. The summed E-state index contributed by atoms with van der Waals surface area (Å²) in [6, 6.07) is -1.13. The lowest BCUT2D eigenvalue weighted by molar-refractivity contribution is -0.137. The molecule has 0 aliphatic heterocycles. The highest BCUT2D eigenvalue weighted by atomic mass is 32.2. The molecule has 0 bridgehead atoms. The van der Waals surface area contributed by atoms with Gasteiger partial charge in [0.25, 0.3) is 0 Å². The number of hydrogen-bond acceptors (Lipinski definition) is 3. The van der Waals surface area contributed by atoms with Gasteiger partial charge in [-0.1, -0.05) is 0 Å². The molecule has 0 fully saturated rings. The van der Waals surface area contributed by atoms with Crippen molar-refractivity contribution in [3.8, 4) is 0 Å². The molecule has 8 heteroatoms. The van der Waals surface area contributed by atoms with E-state index in [1.807, 2.05) is 4.72 Å². The first-order chi connectivity index (χ1) is 7.16. The smallest absolute Gasteiger partial charge is 0.320 e. The van der Waals surface area contributed by atoms with Crippen molar-refractivity contribution >= 4 is 10.0 Å². The average molecular weight is 262 g/mol. The van der Waals surface area contributed by atoms with Gasteiger partial charge < -0.3 is 5.32 Å². The Hall–Kier alpha value is -0.340. The standard InChI is InChI=1S/C8H17F3N2O2S/c1-7(6-8(9,10)11)13-16(14,15)5-3-4-12-2/h7,12-13H,3-6H2,1-2H3. The average Bonchev–Trinajstić information content (AvgIpc) is 1.98. The lowest BCUT2D eigenvalue weighted by Crippen LogP contribution is -2.37. The normalized spacial score (nSPS) is 15.1. The molecule has 0 saturated heterocycles. The molecule has 4 nitrogen and oxygen atoms in total. The van der Waals surface area contributed by atoms with Gasteiger partial charge in [-0.2, -0.15) is 13.2 Å². The third-order valence-corrected chi connectivity index (χ3v) is 3.35. The second-order valence-corrected chi connectivity index (χ2v) is 5.49. The fourth-order valence-electron chi connectivity index (χ4n) is 1.19. The van der Waals surface area contributed by atoms with Crippen LogP contribution in [0.15, 0.2) is 0 Å². The molecular weight excluding hydrogens is 245 g/mol. The van der Waals surface area contributed by atoms with Crippen LogP contribution < -0.4 is 10.0 Å². The van der Waals surface area contributed by atoms with Crippen LogP contribution in [0.25, 0.3) is 0 Å². The van der Waals surface area contributed by atoms with Crippen molar-refractivity contribution in [2.45, 2.75) is 32.0 Å². The minimum absolute atomic E-state index is 0.171. The first-order valence-electron chi connectivity index (χ1n) is 4.87. The molecular formula is C8H17F3N2O2S. The summed E-state index contributed by atoms with van der Waals surface area (Å²) in [4.78, 5) is 0. The third kappa shape index (κ3) is 8.93. The Bertz CT molecular complexity index is 290. The van der Waals surface area contributed by atoms with Crippen molar-refractivity contribution in [2.75, 3.05) is 19.3 Å². The molecule has 1 unspecified atom stereocenters. The van der Waals surface area contributed by atoms with E-state index < -0.39 is 28.7 Å². The van der Waals surface area contributed by atoms with Crippen molar-refractivity contribution in [3.05, 3.63) is 0 Å². The Morgan fingerprint density at radius 2 is 1.88 bits per heavy atom. The van der Waals surface area contributed by atoms with Gasteiger partial charge in [0.1, 0.15) is 0 Å². The number of hydrogen-bond donors (Lipinski definition) is 2. The van der Waals surface area contributed by atoms with Gasteiger partial charge in [-0.25, -0.2) is 13.1 Å². The van der Waals surface area contributed by atoms with E-state index in [0.29, 0.717) is 13.0 Å². The Morgan fingerprint density at radius 1 is 1.31 bits per heavy atom. The zero-order chi connectivity index (χ0) is 12.8. The molecule has 0 rings (SSSR count). The second-order valence-electron chi connectivity index (χ2n) is 3.61. The largest absolute Gasteiger partial charge is 0.390 e. The number of nitrogens with one attached hydrogen (secondary N) is 2. The van der Waals surface area contributed by atoms with Crippen LogP contribution in [0.2, 0.25) is 0 Å². The molecule has 98 valence electrons. The molecule has 16 heavy (non-hydrogen) atoms. The topological polar surface area (TPSA) is 58.2 Å². The van der Waals surface area contributed by atoms with Crippen LogP contribution in [-0.2, 0) is 10.0 Å². The molecule has 0 amide bonds. The van der Waals surface area contributed by atoms with Gasteiger partial charge in [0.15, 0.2) is 0 Å². The third-order valence-electron chi connectivity index (χ3n) is 1.76. The molecule has 0 aromatic carbocycles. The monoisotopic (exact) mass is 262 g/mol. The van der Waals surface area contributed by atoms with E-state index in [1.165, 1.54) is 6.92 Å². The van der Waals surface area contributed by atoms with Crippen LogP contribution in [-0.4, -0.2) is 40.0 Å². The maximum Gasteiger partial charge on any atom is 0.390 e. The lowest BCUT2D eigenvalue weighted by atomic mass is 10.2. The fraction of sp³-hybridized carbons (Fsp3) is 1.00. The first-order valence-corrected chi connectivity index (χ1v) is 6.53. The van der Waals surface area contributed by atoms with E-state index in [4.69, 9.17) is 0 Å². The molecule has 0 spiro atoms. The van der Waals surface area contributed by atoms with Crippen LogP contribution >= 0.6 is 0 Å². The van der Waals surface area contributed by atoms with Crippen molar-refractivity contribution < 1.29 is 21.6 Å². The summed E-state index contributed by atoms with van der Waals surface area (Å²) < 4.78 is 60.4. The van der Waals surface area contributed by atoms with Crippen LogP contribution in [0.4, 0.5) is 13.2 Å². The molecule has 0 saturated carbocycles. The molecule has 0 aliphatic rings. The minimum atomic E-state index is -4.35. The Balaban J connectivity index is 4.06. The van der Waals surface area contributed by atoms with E-state index in [-0.39, 0.29) is 5.75 Å². The first kappa shape index (κ1) is 15.7. The van der Waals surface area contributed by atoms with Gasteiger partial charge >= 0.3 is 6.18 Å². The number of rotatable bonds is 7. The second kappa shape index (κ2) is 6.41. The predicted molar refractivity (Wildman–Crippen MR) is 55.6 cm³/mol. The number of alkyl halides is 3. The van der Waals surface area contributed by atoms with Crippen molar-refractivity contribution in [1.29, 1.82) is 0 Å². The summed E-state index contributed by atoms with van der Waals surface area (Å²) in [6.45, 7) is 1.71. The van der Waals surface area contributed by atoms with Gasteiger partial charge in [-0.15, -0.1) is 0 Å². The fourth-order valence-corrected chi connectivity index (χ4v) is 2.53. The van der Waals surface area contributed by atoms with Crippen LogP contribution in [0, 0.1) is 0 Å². The maximum absolute atomic E-state index is 11.9. The molecule has 1 atom stereocenters. The van der Waals surface area contributed by atoms with Crippen molar-refractivity contribution in [1.82, 2.24) is 10.0 Å². The van der Waals surface area contributed by atoms with E-state index in [0.717, 1.165) is 0 Å². The van der Waals surface area contributed by atoms with E-state index in [2.05, 4.69) is 5.32 Å². The Labute approximate surface area is 93.7 Å². The van der Waals surface area contributed by atoms with Gasteiger partial charge in [0.2, 0.25) is 10.0 Å². The highest BCUT2D eigenvalue weighted by molar-refractivity contribution is 7.89. The van der Waals surface area contributed by atoms with E-state index in [9.17, 15) is 21.6 Å². The molecule has 0 aromatic heterocycles. The molecule has 0 aliphatic carbocycles. The Kier molecular flexibility index (Phi) is 6.27. The summed E-state index contributed by atoms with van der Waals surface area (Å²) in [5.41, 5.74) is 0. The minimum Gasteiger partial charge on any atom is -0.320 e. The zero-order valence-corrected chi connectivity index (χ0v) is 10.1. The maximum atomic E-state index is 11.9. The quantitative estimate of drug-likeness (QED) is 0.669. The van der Waals surface area contributed by atoms with Gasteiger partial charge in [-0.05, 0) is 26.9 Å². The Morgan fingerprint density at radius 3 is 2.31 bits per heavy atom. The van der Waals surface area contributed by atoms with Gasteiger partial charge in [-0.3, -0.25) is 0 Å². The van der Waals surface area contributed by atoms with Crippen LogP contribution in [0.5, 0.6) is 0 Å². The summed E-state index contributed by atoms with van der Waals surface area (Å²) in [6.07, 6.45) is -5.14. The van der Waals surface area contributed by atoms with E-state index >= 15 is 0 Å². The molecule has 0 radical (unpaired) electrons. The summed E-state index contributed by atoms with van der Waals surface area (Å²) >= 11 is 0. The van der Waals surface area contributed by atoms with E-state index in [1.54, 1.807) is 7.05 Å². The summed E-state index contributed by atoms with van der Waals surface area (Å²) in [5, 5.41) is 2.76. The highest BCUT2D eigenvalue weighted by Gasteiger charge is 2.31. The molecule has 0 aromatic rings. The van der Waals surface area contributed by atoms with Crippen molar-refractivity contribution in [3.63, 3.8) is 0 Å². The summed E-state index contributed by atoms with van der Waals surface area (Å²) in [5.74, 6) is -0.171. The molecule has 0 heterocycles. The number of halogens is 3.